The maximum Gasteiger partial charge on any atom is 0.243 e. The van der Waals surface area contributed by atoms with E-state index < -0.39 is 10.0 Å². The molecule has 1 aromatic carbocycles. The van der Waals surface area contributed by atoms with Crippen molar-refractivity contribution in [2.45, 2.75) is 28.1 Å². The van der Waals surface area contributed by atoms with Crippen LogP contribution in [0.5, 0.6) is 0 Å². The quantitative estimate of drug-likeness (QED) is 0.616. The molecule has 1 N–H and O–H groups in total. The van der Waals surface area contributed by atoms with Gasteiger partial charge in [-0.15, -0.1) is 0 Å². The zero-order chi connectivity index (χ0) is 14.6. The smallest absolute Gasteiger partial charge is 0.243 e. The van der Waals surface area contributed by atoms with Gasteiger partial charge in [0, 0.05) is 21.9 Å². The van der Waals surface area contributed by atoms with Crippen molar-refractivity contribution in [1.29, 1.82) is 0 Å². The topological polar surface area (TPSA) is 57.6 Å². The summed E-state index contributed by atoms with van der Waals surface area (Å²) in [5.41, 5.74) is 0.812. The maximum atomic E-state index is 12.7. The van der Waals surface area contributed by atoms with Crippen LogP contribution in [0.4, 0.5) is 0 Å². The molecule has 1 aliphatic carbocycles. The number of aliphatic hydroxyl groups excluding tert-OH is 1. The average molecular weight is 407 g/mol. The number of aryl methyl sites for hydroxylation is 1. The Balaban J connectivity index is 1.88. The van der Waals surface area contributed by atoms with Crippen LogP contribution in [0.25, 0.3) is 0 Å². The number of aliphatic hydroxyl groups is 1. The highest BCUT2D eigenvalue weighted by molar-refractivity contribution is 14.1. The lowest BCUT2D eigenvalue weighted by atomic mass is 10.00. The Labute approximate surface area is 133 Å². The van der Waals surface area contributed by atoms with Gasteiger partial charge in [0.2, 0.25) is 10.0 Å². The lowest BCUT2D eigenvalue weighted by Gasteiger charge is -2.34. The van der Waals surface area contributed by atoms with E-state index in [4.69, 9.17) is 0 Å². The Morgan fingerprint density at radius 1 is 1.35 bits per heavy atom. The predicted octanol–water partition coefficient (Wildman–Crippen LogP) is 1.95. The van der Waals surface area contributed by atoms with Crippen LogP contribution in [-0.2, 0) is 10.0 Å². The second-order valence-corrected chi connectivity index (χ2v) is 9.99. The molecule has 2 aliphatic rings. The van der Waals surface area contributed by atoms with Gasteiger partial charge in [-0.05, 0) is 31.9 Å². The van der Waals surface area contributed by atoms with E-state index in [-0.39, 0.29) is 15.4 Å². The molecule has 6 heteroatoms. The molecule has 0 amide bonds. The first kappa shape index (κ1) is 14.7. The summed E-state index contributed by atoms with van der Waals surface area (Å²) in [6.45, 7) is 2.98. The number of fused-ring (bicyclic) bond motifs is 1. The van der Waals surface area contributed by atoms with Crippen molar-refractivity contribution in [2.75, 3.05) is 19.7 Å². The van der Waals surface area contributed by atoms with Crippen LogP contribution in [0.2, 0.25) is 0 Å². The highest BCUT2D eigenvalue weighted by Crippen LogP contribution is 2.66. The Kier molecular flexibility index (Phi) is 3.43. The molecule has 0 unspecified atom stereocenters. The Bertz CT molecular complexity index is 630. The molecular weight excluding hydrogens is 389 g/mol. The van der Waals surface area contributed by atoms with E-state index >= 15 is 0 Å². The van der Waals surface area contributed by atoms with Gasteiger partial charge in [0.1, 0.15) is 0 Å². The summed E-state index contributed by atoms with van der Waals surface area (Å²) < 4.78 is 27.0. The van der Waals surface area contributed by atoms with E-state index in [0.717, 1.165) is 18.4 Å². The third-order valence-electron chi connectivity index (χ3n) is 4.64. The van der Waals surface area contributed by atoms with Crippen LogP contribution in [0.15, 0.2) is 29.2 Å². The molecule has 0 bridgehead atoms. The summed E-state index contributed by atoms with van der Waals surface area (Å²) >= 11 is 2.39. The zero-order valence-corrected chi connectivity index (χ0v) is 14.3. The first-order chi connectivity index (χ1) is 9.33. The van der Waals surface area contributed by atoms with Crippen LogP contribution < -0.4 is 0 Å². The Morgan fingerprint density at radius 3 is 2.60 bits per heavy atom. The molecule has 4 nitrogen and oxygen atoms in total. The number of benzene rings is 1. The van der Waals surface area contributed by atoms with Crippen LogP contribution >= 0.6 is 22.6 Å². The van der Waals surface area contributed by atoms with Crippen LogP contribution in [0.3, 0.4) is 0 Å². The zero-order valence-electron chi connectivity index (χ0n) is 11.3. The molecule has 2 atom stereocenters. The number of hydrogen-bond acceptors (Lipinski definition) is 3. The monoisotopic (exact) mass is 407 g/mol. The van der Waals surface area contributed by atoms with Crippen molar-refractivity contribution >= 4 is 32.6 Å². The van der Waals surface area contributed by atoms with Gasteiger partial charge in [-0.3, -0.25) is 0 Å². The summed E-state index contributed by atoms with van der Waals surface area (Å²) in [5, 5.41) is 9.62. The second kappa shape index (κ2) is 4.66. The van der Waals surface area contributed by atoms with Crippen molar-refractivity contribution in [3.8, 4) is 0 Å². The molecule has 1 saturated carbocycles. The number of alkyl halides is 1. The van der Waals surface area contributed by atoms with Crippen LogP contribution in [-0.4, -0.2) is 40.9 Å². The van der Waals surface area contributed by atoms with E-state index in [9.17, 15) is 13.5 Å². The van der Waals surface area contributed by atoms with Crippen molar-refractivity contribution in [1.82, 2.24) is 4.31 Å². The largest absolute Gasteiger partial charge is 0.396 e. The molecule has 110 valence electrons. The summed E-state index contributed by atoms with van der Waals surface area (Å²) in [6.07, 6.45) is 1.73. The van der Waals surface area contributed by atoms with E-state index in [0.29, 0.717) is 18.0 Å². The summed E-state index contributed by atoms with van der Waals surface area (Å²) in [4.78, 5) is 0.345. The van der Waals surface area contributed by atoms with Gasteiger partial charge in [0.15, 0.2) is 0 Å². The highest BCUT2D eigenvalue weighted by Gasteiger charge is 2.68. The van der Waals surface area contributed by atoms with Crippen molar-refractivity contribution in [3.05, 3.63) is 29.8 Å². The second-order valence-electron chi connectivity index (χ2n) is 5.98. The van der Waals surface area contributed by atoms with Gasteiger partial charge in [-0.1, -0.05) is 40.3 Å². The van der Waals surface area contributed by atoms with E-state index in [1.54, 1.807) is 12.1 Å². The molecule has 2 fully saturated rings. The van der Waals surface area contributed by atoms with E-state index in [1.165, 1.54) is 4.31 Å². The Morgan fingerprint density at radius 2 is 2.00 bits per heavy atom. The summed E-state index contributed by atoms with van der Waals surface area (Å²) in [5.74, 6) is 0. The Hall–Kier alpha value is -0.180. The molecule has 20 heavy (non-hydrogen) atoms. The van der Waals surface area contributed by atoms with Crippen LogP contribution in [0, 0.1) is 12.3 Å². The minimum atomic E-state index is -3.44. The van der Waals surface area contributed by atoms with Crippen molar-refractivity contribution < 1.29 is 13.5 Å². The number of sulfonamides is 1. The minimum absolute atomic E-state index is 0.0653. The van der Waals surface area contributed by atoms with E-state index in [1.807, 2.05) is 19.1 Å². The normalized spacial score (nSPS) is 33.8. The molecular formula is C14H18INO3S. The van der Waals surface area contributed by atoms with Gasteiger partial charge >= 0.3 is 0 Å². The molecule has 1 aliphatic heterocycles. The number of halogens is 1. The van der Waals surface area contributed by atoms with Gasteiger partial charge in [0.25, 0.3) is 0 Å². The molecule has 0 radical (unpaired) electrons. The van der Waals surface area contributed by atoms with Gasteiger partial charge < -0.3 is 5.11 Å². The lowest BCUT2D eigenvalue weighted by Crippen LogP contribution is -2.45. The fourth-order valence-corrected chi connectivity index (χ4v) is 5.91. The lowest BCUT2D eigenvalue weighted by molar-refractivity contribution is 0.158. The summed E-state index contributed by atoms with van der Waals surface area (Å²) in [7, 11) is -3.44. The summed E-state index contributed by atoms with van der Waals surface area (Å²) in [6, 6.07) is 6.96. The standard InChI is InChI=1S/C14H18INO3S/c1-11-2-4-12(5-3-11)20(18,19)16-7-6-14(15)8-13(14,9-16)10-17/h2-5,17H,6-10H2,1H3/t13-,14+/m1/s1. The molecule has 1 aromatic rings. The first-order valence-corrected chi connectivity index (χ1v) is 9.22. The van der Waals surface area contributed by atoms with Crippen molar-refractivity contribution in [2.24, 2.45) is 5.41 Å². The number of piperidine rings is 1. The molecule has 1 heterocycles. The predicted molar refractivity (Wildman–Crippen MR) is 85.4 cm³/mol. The molecule has 0 spiro atoms. The first-order valence-electron chi connectivity index (χ1n) is 6.70. The van der Waals surface area contributed by atoms with Gasteiger partial charge in [0.05, 0.1) is 11.5 Å². The van der Waals surface area contributed by atoms with Crippen molar-refractivity contribution in [3.63, 3.8) is 0 Å². The van der Waals surface area contributed by atoms with Crippen LogP contribution in [0.1, 0.15) is 18.4 Å². The van der Waals surface area contributed by atoms with E-state index in [2.05, 4.69) is 22.6 Å². The molecule has 1 saturated heterocycles. The van der Waals surface area contributed by atoms with Gasteiger partial charge in [-0.25, -0.2) is 8.42 Å². The number of hydrogen-bond donors (Lipinski definition) is 1. The fraction of sp³-hybridized carbons (Fsp3) is 0.571. The number of nitrogens with zero attached hydrogens (tertiary/aromatic N) is 1. The maximum absolute atomic E-state index is 12.7. The third-order valence-corrected chi connectivity index (χ3v) is 8.57. The minimum Gasteiger partial charge on any atom is -0.396 e. The number of rotatable bonds is 3. The molecule has 3 rings (SSSR count). The SMILES string of the molecule is Cc1ccc(S(=O)(=O)N2CC[C@]3(I)C[C@]3(CO)C2)cc1. The molecule has 0 aromatic heterocycles. The van der Waals surface area contributed by atoms with Gasteiger partial charge in [-0.2, -0.15) is 4.31 Å². The highest BCUT2D eigenvalue weighted by atomic mass is 127. The average Bonchev–Trinajstić information content (AvgIpc) is 3.05. The third kappa shape index (κ3) is 2.12. The fourth-order valence-electron chi connectivity index (χ4n) is 3.07.